The van der Waals surface area contributed by atoms with Gasteiger partial charge in [0.2, 0.25) is 0 Å². The van der Waals surface area contributed by atoms with Crippen LogP contribution >= 0.6 is 0 Å². The third kappa shape index (κ3) is 4.03. The summed E-state index contributed by atoms with van der Waals surface area (Å²) in [5, 5.41) is 3.36. The number of hydrogen-bond donors (Lipinski definition) is 1. The molecule has 1 saturated heterocycles. The third-order valence-electron chi connectivity index (χ3n) is 2.38. The van der Waals surface area contributed by atoms with Gasteiger partial charge in [0, 0.05) is 46.0 Å². The number of piperazine rings is 1. The van der Waals surface area contributed by atoms with Crippen molar-refractivity contribution < 1.29 is 0 Å². The average molecular weight is 195 g/mol. The highest BCUT2D eigenvalue weighted by Gasteiger charge is 2.09. The van der Waals surface area contributed by atoms with Gasteiger partial charge < -0.3 is 5.32 Å². The highest BCUT2D eigenvalue weighted by atomic mass is 15.2. The van der Waals surface area contributed by atoms with Crippen molar-refractivity contribution in [2.45, 2.75) is 13.3 Å². The van der Waals surface area contributed by atoms with E-state index in [9.17, 15) is 0 Å². The van der Waals surface area contributed by atoms with Gasteiger partial charge >= 0.3 is 0 Å². The van der Waals surface area contributed by atoms with Gasteiger partial charge in [0.25, 0.3) is 0 Å². The largest absolute Gasteiger partial charge is 0.314 e. The molecule has 3 heteroatoms. The van der Waals surface area contributed by atoms with Crippen LogP contribution in [0.25, 0.3) is 0 Å². The van der Waals surface area contributed by atoms with E-state index in [-0.39, 0.29) is 0 Å². The maximum Gasteiger partial charge on any atom is 0.0277 e. The molecule has 0 aliphatic carbocycles. The molecule has 3 nitrogen and oxygen atoms in total. The second-order valence-corrected chi connectivity index (χ2v) is 3.60. The van der Waals surface area contributed by atoms with Gasteiger partial charge in [-0.05, 0) is 12.0 Å². The summed E-state index contributed by atoms with van der Waals surface area (Å²) in [7, 11) is 1.83. The summed E-state index contributed by atoms with van der Waals surface area (Å²) in [6.45, 7) is 7.75. The molecule has 1 N–H and O–H groups in total. The molecule has 0 radical (unpaired) electrons. The minimum absolute atomic E-state index is 1.05. The minimum Gasteiger partial charge on any atom is -0.314 e. The van der Waals surface area contributed by atoms with Crippen LogP contribution in [0.15, 0.2) is 16.6 Å². The van der Waals surface area contributed by atoms with E-state index in [1.165, 1.54) is 5.57 Å². The second kappa shape index (κ2) is 6.74. The molecule has 0 atom stereocenters. The molecule has 80 valence electrons. The smallest absolute Gasteiger partial charge is 0.0277 e. The van der Waals surface area contributed by atoms with Crippen molar-refractivity contribution in [1.29, 1.82) is 0 Å². The molecule has 1 rings (SSSR count). The molecule has 0 aromatic rings. The first-order chi connectivity index (χ1) is 6.86. The highest BCUT2D eigenvalue weighted by molar-refractivity contribution is 5.78. The Morgan fingerprint density at radius 1 is 1.43 bits per heavy atom. The van der Waals surface area contributed by atoms with E-state index in [0.29, 0.717) is 0 Å². The first kappa shape index (κ1) is 11.4. The van der Waals surface area contributed by atoms with Crippen LogP contribution in [0.4, 0.5) is 0 Å². The lowest BCUT2D eigenvalue weighted by molar-refractivity contribution is 0.262. The first-order valence-electron chi connectivity index (χ1n) is 5.41. The SMILES string of the molecule is CC/C=C(\C=NC)CN1CCNCC1. The van der Waals surface area contributed by atoms with Crippen LogP contribution < -0.4 is 5.32 Å². The van der Waals surface area contributed by atoms with Gasteiger partial charge in [-0.1, -0.05) is 13.0 Å². The summed E-state index contributed by atoms with van der Waals surface area (Å²) >= 11 is 0. The van der Waals surface area contributed by atoms with Crippen LogP contribution in [0, 0.1) is 0 Å². The van der Waals surface area contributed by atoms with Gasteiger partial charge in [-0.3, -0.25) is 9.89 Å². The van der Waals surface area contributed by atoms with E-state index in [0.717, 1.165) is 39.1 Å². The van der Waals surface area contributed by atoms with Gasteiger partial charge in [0.1, 0.15) is 0 Å². The van der Waals surface area contributed by atoms with Crippen LogP contribution in [0.5, 0.6) is 0 Å². The van der Waals surface area contributed by atoms with E-state index >= 15 is 0 Å². The molecule has 0 amide bonds. The van der Waals surface area contributed by atoms with Gasteiger partial charge in [-0.15, -0.1) is 0 Å². The van der Waals surface area contributed by atoms with Crippen molar-refractivity contribution in [3.05, 3.63) is 11.6 Å². The lowest BCUT2D eigenvalue weighted by atomic mass is 10.2. The summed E-state index contributed by atoms with van der Waals surface area (Å²) in [5.74, 6) is 0. The van der Waals surface area contributed by atoms with E-state index in [1.54, 1.807) is 0 Å². The predicted molar refractivity (Wildman–Crippen MR) is 62.1 cm³/mol. The third-order valence-corrected chi connectivity index (χ3v) is 2.38. The summed E-state index contributed by atoms with van der Waals surface area (Å²) < 4.78 is 0. The lowest BCUT2D eigenvalue weighted by Crippen LogP contribution is -2.44. The zero-order valence-electron chi connectivity index (χ0n) is 9.29. The van der Waals surface area contributed by atoms with Crippen LogP contribution in [0.3, 0.4) is 0 Å². The fraction of sp³-hybridized carbons (Fsp3) is 0.727. The van der Waals surface area contributed by atoms with Crippen molar-refractivity contribution in [2.24, 2.45) is 4.99 Å². The maximum absolute atomic E-state index is 4.08. The molecule has 0 aromatic carbocycles. The fourth-order valence-electron chi connectivity index (χ4n) is 1.71. The van der Waals surface area contributed by atoms with Crippen LogP contribution in [0.2, 0.25) is 0 Å². The van der Waals surface area contributed by atoms with Crippen molar-refractivity contribution in [3.63, 3.8) is 0 Å². The average Bonchev–Trinajstić information content (AvgIpc) is 2.20. The molecule has 0 aromatic heterocycles. The Bertz CT molecular complexity index is 203. The summed E-state index contributed by atoms with van der Waals surface area (Å²) in [4.78, 5) is 6.56. The minimum atomic E-state index is 1.05. The van der Waals surface area contributed by atoms with Gasteiger partial charge in [-0.2, -0.15) is 0 Å². The standard InChI is InChI=1S/C11H21N3/c1-3-4-11(9-12-2)10-14-7-5-13-6-8-14/h4,9,13H,3,5-8,10H2,1-2H3/b11-4+,12-9?. The number of hydrogen-bond acceptors (Lipinski definition) is 3. The Morgan fingerprint density at radius 3 is 2.71 bits per heavy atom. The lowest BCUT2D eigenvalue weighted by Gasteiger charge is -2.27. The molecule has 1 fully saturated rings. The maximum atomic E-state index is 4.08. The van der Waals surface area contributed by atoms with Crippen LogP contribution in [-0.2, 0) is 0 Å². The number of rotatable bonds is 4. The van der Waals surface area contributed by atoms with Gasteiger partial charge in [-0.25, -0.2) is 0 Å². The van der Waals surface area contributed by atoms with Crippen molar-refractivity contribution in [3.8, 4) is 0 Å². The van der Waals surface area contributed by atoms with E-state index in [2.05, 4.69) is 28.2 Å². The fourth-order valence-corrected chi connectivity index (χ4v) is 1.71. The molecule has 1 aliphatic heterocycles. The monoisotopic (exact) mass is 195 g/mol. The van der Waals surface area contributed by atoms with E-state index < -0.39 is 0 Å². The molecule has 0 saturated carbocycles. The summed E-state index contributed by atoms with van der Waals surface area (Å²) in [6, 6.07) is 0. The normalized spacial score (nSPS) is 20.6. The Labute approximate surface area is 86.9 Å². The highest BCUT2D eigenvalue weighted by Crippen LogP contribution is 2.00. The Kier molecular flexibility index (Phi) is 5.49. The molecule has 1 aliphatic rings. The summed E-state index contributed by atoms with van der Waals surface area (Å²) in [5.41, 5.74) is 1.34. The Hall–Kier alpha value is -0.670. The molecular formula is C11H21N3. The van der Waals surface area contributed by atoms with Crippen molar-refractivity contribution in [2.75, 3.05) is 39.8 Å². The quantitative estimate of drug-likeness (QED) is 0.676. The number of nitrogens with zero attached hydrogens (tertiary/aromatic N) is 2. The summed E-state index contributed by atoms with van der Waals surface area (Å²) in [6.07, 6.45) is 5.33. The Balaban J connectivity index is 2.41. The van der Waals surface area contributed by atoms with Gasteiger partial charge in [0.15, 0.2) is 0 Å². The molecule has 0 spiro atoms. The molecule has 14 heavy (non-hydrogen) atoms. The molecule has 0 unspecified atom stereocenters. The van der Waals surface area contributed by atoms with E-state index in [1.807, 2.05) is 13.3 Å². The molecule has 0 bridgehead atoms. The number of aliphatic imine (C=N–C) groups is 1. The van der Waals surface area contributed by atoms with E-state index in [4.69, 9.17) is 0 Å². The molecular weight excluding hydrogens is 174 g/mol. The topological polar surface area (TPSA) is 27.6 Å². The zero-order chi connectivity index (χ0) is 10.2. The van der Waals surface area contributed by atoms with Gasteiger partial charge in [0.05, 0.1) is 0 Å². The van der Waals surface area contributed by atoms with Crippen molar-refractivity contribution >= 4 is 6.21 Å². The second-order valence-electron chi connectivity index (χ2n) is 3.60. The Morgan fingerprint density at radius 2 is 2.14 bits per heavy atom. The number of nitrogens with one attached hydrogen (secondary N) is 1. The first-order valence-corrected chi connectivity index (χ1v) is 5.41. The number of allylic oxidation sites excluding steroid dienone is 1. The molecule has 1 heterocycles. The van der Waals surface area contributed by atoms with Crippen LogP contribution in [-0.4, -0.2) is 50.9 Å². The van der Waals surface area contributed by atoms with Crippen molar-refractivity contribution in [1.82, 2.24) is 10.2 Å². The zero-order valence-corrected chi connectivity index (χ0v) is 9.29. The predicted octanol–water partition coefficient (Wildman–Crippen LogP) is 0.929. The van der Waals surface area contributed by atoms with Crippen LogP contribution in [0.1, 0.15) is 13.3 Å².